The van der Waals surface area contributed by atoms with Crippen LogP contribution in [0.5, 0.6) is 5.75 Å². The summed E-state index contributed by atoms with van der Waals surface area (Å²) < 4.78 is 0. The largest absolute Gasteiger partial charge is 0.508 e. The predicted octanol–water partition coefficient (Wildman–Crippen LogP) is 1.82. The van der Waals surface area contributed by atoms with Crippen LogP contribution < -0.4 is 10.6 Å². The smallest absolute Gasteiger partial charge is 0.251 e. The number of amides is 1. The number of hydrogen-bond donors (Lipinski definition) is 3. The maximum Gasteiger partial charge on any atom is 0.251 e. The van der Waals surface area contributed by atoms with Crippen molar-refractivity contribution >= 4 is 5.91 Å². The first-order valence-corrected chi connectivity index (χ1v) is 6.87. The van der Waals surface area contributed by atoms with Gasteiger partial charge in [0.2, 0.25) is 0 Å². The lowest BCUT2D eigenvalue weighted by molar-refractivity contribution is 0.0944. The summed E-state index contributed by atoms with van der Waals surface area (Å²) in [5.74, 6) is 0.669. The second kappa shape index (κ2) is 6.06. The van der Waals surface area contributed by atoms with E-state index < -0.39 is 0 Å². The van der Waals surface area contributed by atoms with Crippen molar-refractivity contribution in [2.45, 2.75) is 32.7 Å². The molecule has 1 saturated heterocycles. The van der Waals surface area contributed by atoms with Crippen LogP contribution in [0, 0.1) is 12.8 Å². The van der Waals surface area contributed by atoms with Crippen LogP contribution >= 0.6 is 0 Å². The van der Waals surface area contributed by atoms with Crippen molar-refractivity contribution < 1.29 is 9.90 Å². The molecule has 2 unspecified atom stereocenters. The third kappa shape index (κ3) is 3.70. The number of carbonyl (C=O) groups is 1. The Hall–Kier alpha value is -1.55. The minimum absolute atomic E-state index is 0.0679. The molecule has 4 nitrogen and oxygen atoms in total. The third-order valence-electron chi connectivity index (χ3n) is 3.77. The molecule has 2 rings (SSSR count). The first kappa shape index (κ1) is 13.9. The highest BCUT2D eigenvalue weighted by molar-refractivity contribution is 5.94. The lowest BCUT2D eigenvalue weighted by atomic mass is 9.95. The molecule has 1 aliphatic rings. The molecule has 1 aliphatic heterocycles. The van der Waals surface area contributed by atoms with Gasteiger partial charge in [-0.05, 0) is 62.9 Å². The molecule has 0 aromatic heterocycles. The van der Waals surface area contributed by atoms with Gasteiger partial charge in [0, 0.05) is 18.2 Å². The maximum absolute atomic E-state index is 12.0. The third-order valence-corrected chi connectivity index (χ3v) is 3.77. The van der Waals surface area contributed by atoms with Gasteiger partial charge in [0.05, 0.1) is 0 Å². The molecule has 2 atom stereocenters. The maximum atomic E-state index is 12.0. The second-order valence-electron chi connectivity index (χ2n) is 5.46. The Bertz CT molecular complexity index is 451. The summed E-state index contributed by atoms with van der Waals surface area (Å²) in [6, 6.07) is 5.52. The first-order chi connectivity index (χ1) is 9.06. The van der Waals surface area contributed by atoms with E-state index >= 15 is 0 Å². The Balaban J connectivity index is 1.85. The zero-order valence-electron chi connectivity index (χ0n) is 11.6. The molecular formula is C15H22N2O2. The minimum Gasteiger partial charge on any atom is -0.508 e. The van der Waals surface area contributed by atoms with E-state index in [2.05, 4.69) is 17.6 Å². The lowest BCUT2D eigenvalue weighted by Crippen LogP contribution is -2.41. The van der Waals surface area contributed by atoms with Crippen molar-refractivity contribution in [1.29, 1.82) is 0 Å². The number of phenols is 1. The van der Waals surface area contributed by atoms with Gasteiger partial charge < -0.3 is 15.7 Å². The molecule has 1 heterocycles. The van der Waals surface area contributed by atoms with Crippen molar-refractivity contribution in [1.82, 2.24) is 10.6 Å². The highest BCUT2D eigenvalue weighted by Gasteiger charge is 2.18. The molecule has 1 amide bonds. The first-order valence-electron chi connectivity index (χ1n) is 6.87. The highest BCUT2D eigenvalue weighted by atomic mass is 16.3. The van der Waals surface area contributed by atoms with Gasteiger partial charge in [-0.15, -0.1) is 0 Å². The Morgan fingerprint density at radius 2 is 2.26 bits per heavy atom. The fourth-order valence-corrected chi connectivity index (χ4v) is 2.37. The zero-order valence-corrected chi connectivity index (χ0v) is 11.6. The van der Waals surface area contributed by atoms with Crippen LogP contribution in [0.4, 0.5) is 0 Å². The molecule has 0 radical (unpaired) electrons. The van der Waals surface area contributed by atoms with Gasteiger partial charge in [0.25, 0.3) is 5.91 Å². The van der Waals surface area contributed by atoms with E-state index in [9.17, 15) is 9.90 Å². The standard InChI is InChI=1S/C15H22N2O2/c1-10-7-13(5-6-14(10)18)15(19)17-9-12-4-3-11(2)16-8-12/h5-7,11-12,16,18H,3-4,8-9H2,1-2H3,(H,17,19). The number of aromatic hydroxyl groups is 1. The summed E-state index contributed by atoms with van der Waals surface area (Å²) in [6.07, 6.45) is 2.32. The number of aryl methyl sites for hydroxylation is 1. The summed E-state index contributed by atoms with van der Waals surface area (Å²) in [5, 5.41) is 15.8. The highest BCUT2D eigenvalue weighted by Crippen LogP contribution is 2.17. The SMILES string of the molecule is Cc1cc(C(=O)NCC2CCC(C)NC2)ccc1O. The van der Waals surface area contributed by atoms with Crippen molar-refractivity contribution in [2.24, 2.45) is 5.92 Å². The van der Waals surface area contributed by atoms with E-state index in [1.807, 2.05) is 0 Å². The van der Waals surface area contributed by atoms with Crippen molar-refractivity contribution in [3.8, 4) is 5.75 Å². The number of nitrogens with one attached hydrogen (secondary N) is 2. The summed E-state index contributed by atoms with van der Waals surface area (Å²) in [7, 11) is 0. The predicted molar refractivity (Wildman–Crippen MR) is 75.4 cm³/mol. The summed E-state index contributed by atoms with van der Waals surface area (Å²) in [4.78, 5) is 12.0. The molecule has 1 aromatic rings. The van der Waals surface area contributed by atoms with Gasteiger partial charge in [0.15, 0.2) is 0 Å². The van der Waals surface area contributed by atoms with E-state index in [0.717, 1.165) is 18.5 Å². The average Bonchev–Trinajstić information content (AvgIpc) is 2.41. The number of carbonyl (C=O) groups excluding carboxylic acids is 1. The topological polar surface area (TPSA) is 61.4 Å². The molecular weight excluding hydrogens is 240 g/mol. The number of rotatable bonds is 3. The second-order valence-corrected chi connectivity index (χ2v) is 5.46. The van der Waals surface area contributed by atoms with Crippen LogP contribution in [0.25, 0.3) is 0 Å². The van der Waals surface area contributed by atoms with E-state index in [1.54, 1.807) is 25.1 Å². The Morgan fingerprint density at radius 1 is 1.47 bits per heavy atom. The van der Waals surface area contributed by atoms with E-state index in [1.165, 1.54) is 6.42 Å². The molecule has 1 aromatic carbocycles. The molecule has 0 bridgehead atoms. The normalized spacial score (nSPS) is 23.1. The van der Waals surface area contributed by atoms with Crippen LogP contribution in [-0.4, -0.2) is 30.1 Å². The zero-order chi connectivity index (χ0) is 13.8. The average molecular weight is 262 g/mol. The minimum atomic E-state index is -0.0679. The van der Waals surface area contributed by atoms with Gasteiger partial charge in [0.1, 0.15) is 5.75 Å². The number of phenolic OH excluding ortho intramolecular Hbond substituents is 1. The fourth-order valence-electron chi connectivity index (χ4n) is 2.37. The van der Waals surface area contributed by atoms with E-state index in [4.69, 9.17) is 0 Å². The van der Waals surface area contributed by atoms with Crippen LogP contribution in [0.2, 0.25) is 0 Å². The molecule has 104 valence electrons. The number of benzene rings is 1. The van der Waals surface area contributed by atoms with Gasteiger partial charge in [-0.25, -0.2) is 0 Å². The van der Waals surface area contributed by atoms with Crippen molar-refractivity contribution in [3.05, 3.63) is 29.3 Å². The summed E-state index contributed by atoms with van der Waals surface area (Å²) in [6.45, 7) is 5.65. The Kier molecular flexibility index (Phi) is 4.43. The van der Waals surface area contributed by atoms with Gasteiger partial charge in [-0.1, -0.05) is 0 Å². The lowest BCUT2D eigenvalue weighted by Gasteiger charge is -2.27. The summed E-state index contributed by atoms with van der Waals surface area (Å²) in [5.41, 5.74) is 1.33. The molecule has 1 fully saturated rings. The molecule has 19 heavy (non-hydrogen) atoms. The quantitative estimate of drug-likeness (QED) is 0.778. The molecule has 0 saturated carbocycles. The van der Waals surface area contributed by atoms with Crippen molar-refractivity contribution in [3.63, 3.8) is 0 Å². The van der Waals surface area contributed by atoms with Crippen molar-refractivity contribution in [2.75, 3.05) is 13.1 Å². The van der Waals surface area contributed by atoms with Gasteiger partial charge in [-0.3, -0.25) is 4.79 Å². The monoisotopic (exact) mass is 262 g/mol. The van der Waals surface area contributed by atoms with Gasteiger partial charge >= 0.3 is 0 Å². The molecule has 0 spiro atoms. The molecule has 0 aliphatic carbocycles. The van der Waals surface area contributed by atoms with Crippen LogP contribution in [-0.2, 0) is 0 Å². The van der Waals surface area contributed by atoms with E-state index in [-0.39, 0.29) is 11.7 Å². The fraction of sp³-hybridized carbons (Fsp3) is 0.533. The Labute approximate surface area is 114 Å². The van der Waals surface area contributed by atoms with Gasteiger partial charge in [-0.2, -0.15) is 0 Å². The number of piperidine rings is 1. The number of hydrogen-bond acceptors (Lipinski definition) is 3. The molecule has 3 N–H and O–H groups in total. The Morgan fingerprint density at radius 3 is 2.89 bits per heavy atom. The van der Waals surface area contributed by atoms with E-state index in [0.29, 0.717) is 24.1 Å². The summed E-state index contributed by atoms with van der Waals surface area (Å²) >= 11 is 0. The molecule has 4 heteroatoms. The van der Waals surface area contributed by atoms with Crippen LogP contribution in [0.1, 0.15) is 35.7 Å². The van der Waals surface area contributed by atoms with Crippen LogP contribution in [0.15, 0.2) is 18.2 Å². The van der Waals surface area contributed by atoms with Crippen LogP contribution in [0.3, 0.4) is 0 Å².